The zero-order valence-electron chi connectivity index (χ0n) is 37.7. The summed E-state index contributed by atoms with van der Waals surface area (Å²) in [6, 6.07) is 21.8. The van der Waals surface area contributed by atoms with Crippen molar-refractivity contribution in [1.82, 2.24) is 0 Å². The van der Waals surface area contributed by atoms with Crippen molar-refractivity contribution in [2.75, 3.05) is 0 Å². The summed E-state index contributed by atoms with van der Waals surface area (Å²) in [5.74, 6) is 0. The van der Waals surface area contributed by atoms with E-state index in [0.717, 1.165) is 27.6 Å². The van der Waals surface area contributed by atoms with Gasteiger partial charge in [-0.15, -0.1) is 0 Å². The summed E-state index contributed by atoms with van der Waals surface area (Å²) < 4.78 is 121. The van der Waals surface area contributed by atoms with Gasteiger partial charge in [0.05, 0.1) is 24.1 Å². The fourth-order valence-electron chi connectivity index (χ4n) is 6.44. The molecule has 9 aromatic rings. The molecule has 0 saturated heterocycles. The van der Waals surface area contributed by atoms with Crippen molar-refractivity contribution < 1.29 is 22.2 Å². The van der Waals surface area contributed by atoms with Gasteiger partial charge in [0, 0.05) is 22.1 Å². The maximum Gasteiger partial charge on any atom is 0.142 e. The number of hydrogen-bond acceptors (Lipinski definition) is 1. The molecule has 8 aromatic carbocycles. The predicted molar refractivity (Wildman–Crippen MR) is 198 cm³/mol. The maximum atomic E-state index is 9.98. The van der Waals surface area contributed by atoms with Crippen molar-refractivity contribution in [3.63, 3.8) is 0 Å². The Kier molecular flexibility index (Phi) is 4.08. The highest BCUT2D eigenvalue weighted by atomic mass is 16.3. The Labute approximate surface area is 292 Å². The second kappa shape index (κ2) is 11.3. The van der Waals surface area contributed by atoms with E-state index in [0.29, 0.717) is 32.7 Å². The van der Waals surface area contributed by atoms with Crippen molar-refractivity contribution >= 4 is 32.5 Å². The van der Waals surface area contributed by atoms with Gasteiger partial charge in [-0.3, -0.25) is 0 Å². The maximum absolute atomic E-state index is 9.98. The van der Waals surface area contributed by atoms with Crippen LogP contribution in [0.2, 0.25) is 0 Å². The molecule has 0 aliphatic carbocycles. The van der Waals surface area contributed by atoms with E-state index in [2.05, 4.69) is 0 Å². The zero-order valence-corrected chi connectivity index (χ0v) is 24.7. The van der Waals surface area contributed by atoms with Crippen LogP contribution >= 0.6 is 0 Å². The SMILES string of the molecule is [2H]c1c([2H])c([2H])c(-c2c([2H])c([2H])c(-c3c([2H])c([2H])c([2H])c([2H])c3[2H])c(-c3c4ccccc4c(-c4coc5c(-c6ccccc6)cccc45)c4ccccc34)c2[2H])c([2H])c1[2H]. The van der Waals surface area contributed by atoms with Crippen molar-refractivity contribution in [1.29, 1.82) is 0 Å². The summed E-state index contributed by atoms with van der Waals surface area (Å²) in [6.07, 6.45) is 1.70. The minimum absolute atomic E-state index is 0.112. The number of rotatable bonds is 5. The van der Waals surface area contributed by atoms with E-state index in [-0.39, 0.29) is 11.1 Å². The highest BCUT2D eigenvalue weighted by Gasteiger charge is 2.22. The Morgan fingerprint density at radius 3 is 1.55 bits per heavy atom. The Morgan fingerprint density at radius 2 is 0.915 bits per heavy atom. The average molecular weight is 612 g/mol. The molecule has 1 heterocycles. The smallest absolute Gasteiger partial charge is 0.142 e. The third kappa shape index (κ3) is 4.56. The Hall–Kier alpha value is -6.18. The summed E-state index contributed by atoms with van der Waals surface area (Å²) in [6.45, 7) is 0. The third-order valence-corrected chi connectivity index (χ3v) is 8.45. The van der Waals surface area contributed by atoms with E-state index in [1.54, 1.807) is 18.4 Å². The molecule has 0 amide bonds. The molecule has 0 aliphatic heterocycles. The molecule has 0 bridgehead atoms. The lowest BCUT2D eigenvalue weighted by Crippen LogP contribution is -1.93. The van der Waals surface area contributed by atoms with E-state index >= 15 is 0 Å². The molecule has 0 unspecified atom stereocenters. The molecule has 1 aromatic heterocycles. The van der Waals surface area contributed by atoms with Gasteiger partial charge in [-0.2, -0.15) is 0 Å². The zero-order chi connectivity index (χ0) is 42.5. The molecule has 0 spiro atoms. The van der Waals surface area contributed by atoms with Crippen molar-refractivity contribution in [2.45, 2.75) is 0 Å². The molecule has 1 heteroatoms. The quantitative estimate of drug-likeness (QED) is 0.176. The first-order valence-corrected chi connectivity index (χ1v) is 15.0. The molecular weight excluding hydrogens is 569 g/mol. The average Bonchev–Trinajstić information content (AvgIpc) is 3.70. The Morgan fingerprint density at radius 1 is 0.362 bits per heavy atom. The first-order chi connectivity index (χ1) is 28.8. The van der Waals surface area contributed by atoms with Gasteiger partial charge < -0.3 is 4.42 Å². The Balaban J connectivity index is 1.48. The van der Waals surface area contributed by atoms with Gasteiger partial charge in [0.25, 0.3) is 0 Å². The summed E-state index contributed by atoms with van der Waals surface area (Å²) in [4.78, 5) is 0. The van der Waals surface area contributed by atoms with Crippen LogP contribution in [0.5, 0.6) is 0 Å². The van der Waals surface area contributed by atoms with Crippen LogP contribution in [0.1, 0.15) is 17.8 Å². The largest absolute Gasteiger partial charge is 0.463 e. The van der Waals surface area contributed by atoms with Crippen LogP contribution in [-0.4, -0.2) is 0 Å². The summed E-state index contributed by atoms with van der Waals surface area (Å²) in [5, 5.41) is 3.25. The summed E-state index contributed by atoms with van der Waals surface area (Å²) in [7, 11) is 0. The second-order valence-electron chi connectivity index (χ2n) is 11.0. The van der Waals surface area contributed by atoms with Crippen LogP contribution in [0, 0.1) is 0 Å². The lowest BCUT2D eigenvalue weighted by molar-refractivity contribution is 0.618. The molecule has 0 saturated carbocycles. The lowest BCUT2D eigenvalue weighted by atomic mass is 9.83. The van der Waals surface area contributed by atoms with Crippen molar-refractivity contribution in [3.05, 3.63) is 182 Å². The van der Waals surface area contributed by atoms with Crippen LogP contribution in [0.25, 0.3) is 88.1 Å². The third-order valence-electron chi connectivity index (χ3n) is 8.45. The van der Waals surface area contributed by atoms with Gasteiger partial charge in [-0.1, -0.05) is 170 Å². The molecular formula is C46H30O. The predicted octanol–water partition coefficient (Wildman–Crippen LogP) is 13.1. The van der Waals surface area contributed by atoms with Gasteiger partial charge in [-0.25, -0.2) is 0 Å². The molecule has 0 aliphatic rings. The van der Waals surface area contributed by atoms with Crippen molar-refractivity contribution in [3.8, 4) is 55.6 Å². The van der Waals surface area contributed by atoms with E-state index < -0.39 is 95.2 Å². The number of hydrogen-bond donors (Lipinski definition) is 0. The molecule has 0 fully saturated rings. The van der Waals surface area contributed by atoms with E-state index in [1.807, 2.05) is 84.9 Å². The van der Waals surface area contributed by atoms with Gasteiger partial charge >= 0.3 is 0 Å². The fraction of sp³-hybridized carbons (Fsp3) is 0. The molecule has 47 heavy (non-hydrogen) atoms. The molecule has 1 nitrogen and oxygen atoms in total. The monoisotopic (exact) mass is 611 g/mol. The number of para-hydroxylation sites is 1. The highest BCUT2D eigenvalue weighted by Crippen LogP contribution is 2.48. The summed E-state index contributed by atoms with van der Waals surface area (Å²) >= 11 is 0. The molecule has 0 atom stereocenters. The standard InChI is InChI=1S/C46H30O/c1-4-15-31(16-5-1)34-27-28-35(32-17-6-2-7-18-32)42(29-34)44-37-21-10-12-23-39(37)45(40-24-13-11-22-38(40)44)43-30-47-46-36(25-14-26-41(43)46)33-19-8-3-9-20-33/h1-30H/i1D,2D,4D,5D,6D,7D,15D,16D,17D,18D,27D,28D,29D. The number of fused-ring (bicyclic) bond motifs is 3. The fourth-order valence-corrected chi connectivity index (χ4v) is 6.44. The topological polar surface area (TPSA) is 13.1 Å². The van der Waals surface area contributed by atoms with E-state index in [4.69, 9.17) is 18.1 Å². The van der Waals surface area contributed by atoms with Crippen LogP contribution in [0.15, 0.2) is 186 Å². The van der Waals surface area contributed by atoms with Crippen LogP contribution in [0.3, 0.4) is 0 Å². The van der Waals surface area contributed by atoms with Gasteiger partial charge in [0.2, 0.25) is 0 Å². The first-order valence-electron chi connectivity index (χ1n) is 21.5. The van der Waals surface area contributed by atoms with Gasteiger partial charge in [0.1, 0.15) is 5.58 Å². The molecule has 0 radical (unpaired) electrons. The van der Waals surface area contributed by atoms with Crippen LogP contribution < -0.4 is 0 Å². The van der Waals surface area contributed by atoms with Gasteiger partial charge in [-0.05, 0) is 66.5 Å². The minimum Gasteiger partial charge on any atom is -0.463 e. The van der Waals surface area contributed by atoms with Crippen molar-refractivity contribution in [2.24, 2.45) is 0 Å². The van der Waals surface area contributed by atoms with Crippen LogP contribution in [0.4, 0.5) is 0 Å². The summed E-state index contributed by atoms with van der Waals surface area (Å²) in [5.41, 5.74) is 2.65. The molecule has 9 rings (SSSR count). The number of benzene rings is 8. The molecule has 220 valence electrons. The lowest BCUT2D eigenvalue weighted by Gasteiger charge is -2.20. The minimum atomic E-state index is -0.714. The number of furan rings is 1. The normalized spacial score (nSPS) is 15.3. The second-order valence-corrected chi connectivity index (χ2v) is 11.0. The Bertz CT molecular complexity index is 3190. The molecule has 0 N–H and O–H groups in total. The highest BCUT2D eigenvalue weighted by molar-refractivity contribution is 6.24. The van der Waals surface area contributed by atoms with E-state index in [1.165, 1.54) is 0 Å². The first kappa shape index (κ1) is 16.9. The van der Waals surface area contributed by atoms with Crippen LogP contribution in [-0.2, 0) is 0 Å². The van der Waals surface area contributed by atoms with Gasteiger partial charge in [0.15, 0.2) is 0 Å². The van der Waals surface area contributed by atoms with E-state index in [9.17, 15) is 4.11 Å².